The summed E-state index contributed by atoms with van der Waals surface area (Å²) in [6.45, 7) is 0.821. The van der Waals surface area contributed by atoms with Crippen molar-refractivity contribution < 1.29 is 4.79 Å². The van der Waals surface area contributed by atoms with Gasteiger partial charge in [-0.15, -0.1) is 0 Å². The minimum absolute atomic E-state index is 0.0258. The van der Waals surface area contributed by atoms with Crippen molar-refractivity contribution in [1.29, 1.82) is 0 Å². The Labute approximate surface area is 109 Å². The van der Waals surface area contributed by atoms with Crippen LogP contribution in [0, 0.1) is 5.92 Å². The molecule has 1 aliphatic heterocycles. The summed E-state index contributed by atoms with van der Waals surface area (Å²) in [5.41, 5.74) is 15.2. The molecule has 0 saturated carbocycles. The van der Waals surface area contributed by atoms with Crippen molar-refractivity contribution in [2.75, 3.05) is 23.7 Å². The fourth-order valence-electron chi connectivity index (χ4n) is 2.05. The molecule has 0 radical (unpaired) electrons. The Hall–Kier alpha value is -1.91. The molecule has 1 amide bonds. The lowest BCUT2D eigenvalue weighted by Crippen LogP contribution is -2.25. The van der Waals surface area contributed by atoms with Gasteiger partial charge in [-0.05, 0) is 23.6 Å². The summed E-state index contributed by atoms with van der Waals surface area (Å²) in [6, 6.07) is 5.19. The van der Waals surface area contributed by atoms with Gasteiger partial charge in [0.2, 0.25) is 5.91 Å². The SMILES string of the molecule is [N-]=[N+]=NCC1CC(=O)N(c2cccc(Cl)c2N)C1. The number of carbonyl (C=O) groups is 1. The number of carbonyl (C=O) groups excluding carboxylic acids is 1. The van der Waals surface area contributed by atoms with Gasteiger partial charge in [0.1, 0.15) is 0 Å². The molecule has 1 aromatic carbocycles. The monoisotopic (exact) mass is 265 g/mol. The van der Waals surface area contributed by atoms with Gasteiger partial charge in [-0.25, -0.2) is 0 Å². The number of anilines is 2. The zero-order chi connectivity index (χ0) is 13.1. The van der Waals surface area contributed by atoms with E-state index in [0.29, 0.717) is 35.9 Å². The van der Waals surface area contributed by atoms with Gasteiger partial charge in [0, 0.05) is 24.4 Å². The van der Waals surface area contributed by atoms with Gasteiger partial charge in [0.05, 0.1) is 16.4 Å². The van der Waals surface area contributed by atoms with Crippen molar-refractivity contribution in [2.24, 2.45) is 11.0 Å². The first-order valence-electron chi connectivity index (χ1n) is 5.48. The van der Waals surface area contributed by atoms with Crippen LogP contribution in [0.2, 0.25) is 5.02 Å². The Morgan fingerprint density at radius 2 is 2.39 bits per heavy atom. The maximum atomic E-state index is 11.9. The highest BCUT2D eigenvalue weighted by atomic mass is 35.5. The maximum Gasteiger partial charge on any atom is 0.227 e. The molecule has 1 aliphatic rings. The summed E-state index contributed by atoms with van der Waals surface area (Å²) in [6.07, 6.45) is 0.366. The highest BCUT2D eigenvalue weighted by molar-refractivity contribution is 6.33. The summed E-state index contributed by atoms with van der Waals surface area (Å²) < 4.78 is 0. The molecule has 0 spiro atoms. The predicted octanol–water partition coefficient (Wildman–Crippen LogP) is 2.59. The molecule has 0 aromatic heterocycles. The van der Waals surface area contributed by atoms with E-state index < -0.39 is 0 Å². The van der Waals surface area contributed by atoms with Crippen LogP contribution in [0.25, 0.3) is 10.4 Å². The zero-order valence-electron chi connectivity index (χ0n) is 9.58. The number of benzene rings is 1. The van der Waals surface area contributed by atoms with Crippen molar-refractivity contribution in [1.82, 2.24) is 0 Å². The summed E-state index contributed by atoms with van der Waals surface area (Å²) in [5.74, 6) is 0.00823. The minimum atomic E-state index is -0.0258. The third-order valence-electron chi connectivity index (χ3n) is 2.93. The normalized spacial score (nSPS) is 18.8. The summed E-state index contributed by atoms with van der Waals surface area (Å²) in [7, 11) is 0. The molecular weight excluding hydrogens is 254 g/mol. The fraction of sp³-hybridized carbons (Fsp3) is 0.364. The van der Waals surface area contributed by atoms with E-state index in [0.717, 1.165) is 0 Å². The summed E-state index contributed by atoms with van der Waals surface area (Å²) >= 11 is 5.93. The van der Waals surface area contributed by atoms with E-state index in [9.17, 15) is 4.79 Å². The van der Waals surface area contributed by atoms with Crippen LogP contribution in [0.1, 0.15) is 6.42 Å². The smallest absolute Gasteiger partial charge is 0.227 e. The molecule has 2 N–H and O–H groups in total. The van der Waals surface area contributed by atoms with Gasteiger partial charge in [-0.2, -0.15) is 0 Å². The van der Waals surface area contributed by atoms with Crippen LogP contribution in [0.5, 0.6) is 0 Å². The number of rotatable bonds is 3. The van der Waals surface area contributed by atoms with Crippen molar-refractivity contribution in [3.05, 3.63) is 33.7 Å². The van der Waals surface area contributed by atoms with Gasteiger partial charge >= 0.3 is 0 Å². The van der Waals surface area contributed by atoms with Crippen LogP contribution in [-0.2, 0) is 4.79 Å². The molecule has 18 heavy (non-hydrogen) atoms. The van der Waals surface area contributed by atoms with Crippen LogP contribution in [0.4, 0.5) is 11.4 Å². The molecule has 94 valence electrons. The van der Waals surface area contributed by atoms with Crippen LogP contribution in [0.15, 0.2) is 23.3 Å². The molecule has 1 aromatic rings. The van der Waals surface area contributed by atoms with Crippen LogP contribution < -0.4 is 10.6 Å². The average Bonchev–Trinajstić information content (AvgIpc) is 2.71. The van der Waals surface area contributed by atoms with E-state index in [1.807, 2.05) is 0 Å². The third kappa shape index (κ3) is 2.34. The van der Waals surface area contributed by atoms with E-state index in [2.05, 4.69) is 10.0 Å². The largest absolute Gasteiger partial charge is 0.396 e. The molecule has 1 fully saturated rings. The number of nitrogen functional groups attached to an aromatic ring is 1. The van der Waals surface area contributed by atoms with Crippen molar-refractivity contribution in [2.45, 2.75) is 6.42 Å². The van der Waals surface area contributed by atoms with E-state index in [1.165, 1.54) is 0 Å². The van der Waals surface area contributed by atoms with E-state index in [4.69, 9.17) is 22.9 Å². The lowest BCUT2D eigenvalue weighted by molar-refractivity contribution is -0.117. The Balaban J connectivity index is 2.21. The molecule has 7 heteroatoms. The maximum absolute atomic E-state index is 11.9. The standard InChI is InChI=1S/C11H12ClN5O/c12-8-2-1-3-9(11(8)13)17-6-7(4-10(17)18)5-15-16-14/h1-3,7H,4-6,13H2. The Morgan fingerprint density at radius 3 is 3.11 bits per heavy atom. The first kappa shape index (κ1) is 12.5. The lowest BCUT2D eigenvalue weighted by atomic mass is 10.1. The third-order valence-corrected chi connectivity index (χ3v) is 3.26. The molecule has 1 heterocycles. The van der Waals surface area contributed by atoms with E-state index >= 15 is 0 Å². The van der Waals surface area contributed by atoms with E-state index in [1.54, 1.807) is 23.1 Å². The Morgan fingerprint density at radius 1 is 1.61 bits per heavy atom. The molecular formula is C11H12ClN5O. The topological polar surface area (TPSA) is 95.1 Å². The Bertz CT molecular complexity index is 526. The molecule has 2 rings (SSSR count). The number of para-hydroxylation sites is 1. The van der Waals surface area contributed by atoms with E-state index in [-0.39, 0.29) is 11.8 Å². The lowest BCUT2D eigenvalue weighted by Gasteiger charge is -2.19. The van der Waals surface area contributed by atoms with Gasteiger partial charge in [-0.1, -0.05) is 22.8 Å². The van der Waals surface area contributed by atoms with Gasteiger partial charge < -0.3 is 10.6 Å². The van der Waals surface area contributed by atoms with Crippen LogP contribution in [-0.4, -0.2) is 19.0 Å². The van der Waals surface area contributed by atoms with Crippen LogP contribution >= 0.6 is 11.6 Å². The molecule has 1 atom stereocenters. The van der Waals surface area contributed by atoms with Crippen molar-refractivity contribution in [3.63, 3.8) is 0 Å². The molecule has 0 aliphatic carbocycles. The van der Waals surface area contributed by atoms with Crippen molar-refractivity contribution in [3.8, 4) is 0 Å². The number of amides is 1. The number of hydrogen-bond donors (Lipinski definition) is 1. The quantitative estimate of drug-likeness (QED) is 0.393. The predicted molar refractivity (Wildman–Crippen MR) is 70.3 cm³/mol. The number of halogens is 1. The fourth-order valence-corrected chi connectivity index (χ4v) is 2.22. The molecule has 1 saturated heterocycles. The highest BCUT2D eigenvalue weighted by Gasteiger charge is 2.31. The zero-order valence-corrected chi connectivity index (χ0v) is 10.3. The number of nitrogens with zero attached hydrogens (tertiary/aromatic N) is 4. The molecule has 0 bridgehead atoms. The second-order valence-electron chi connectivity index (χ2n) is 4.16. The Kier molecular flexibility index (Phi) is 3.60. The van der Waals surface area contributed by atoms with Gasteiger partial charge in [-0.3, -0.25) is 4.79 Å². The highest BCUT2D eigenvalue weighted by Crippen LogP contribution is 2.33. The second kappa shape index (κ2) is 5.16. The van der Waals surface area contributed by atoms with Crippen molar-refractivity contribution >= 4 is 28.9 Å². The van der Waals surface area contributed by atoms with Crippen LogP contribution in [0.3, 0.4) is 0 Å². The average molecular weight is 266 g/mol. The van der Waals surface area contributed by atoms with Gasteiger partial charge in [0.15, 0.2) is 0 Å². The molecule has 1 unspecified atom stereocenters. The van der Waals surface area contributed by atoms with Gasteiger partial charge in [0.25, 0.3) is 0 Å². The number of hydrogen-bond acceptors (Lipinski definition) is 3. The first-order valence-corrected chi connectivity index (χ1v) is 5.86. The summed E-state index contributed by atoms with van der Waals surface area (Å²) in [4.78, 5) is 16.2. The molecule has 6 nitrogen and oxygen atoms in total. The second-order valence-corrected chi connectivity index (χ2v) is 4.57. The number of azide groups is 1. The minimum Gasteiger partial charge on any atom is -0.396 e. The summed E-state index contributed by atoms with van der Waals surface area (Å²) in [5, 5.41) is 3.93. The number of nitrogens with two attached hydrogens (primary N) is 1. The first-order chi connectivity index (χ1) is 8.63.